The van der Waals surface area contributed by atoms with E-state index in [4.69, 9.17) is 11.6 Å². The lowest BCUT2D eigenvalue weighted by atomic mass is 10.2. The fourth-order valence-electron chi connectivity index (χ4n) is 2.37. The fraction of sp³-hybridized carbons (Fsp3) is 0.158. The number of thioether (sulfide) groups is 1. The third-order valence-electron chi connectivity index (χ3n) is 3.96. The first-order chi connectivity index (χ1) is 15.1. The molecule has 3 aromatic rings. The number of benzene rings is 2. The SMILES string of the molecule is CN(C)S(=O)(=O)c1ccc(C(=O)Nc2nnc(SCC(=O)Nc3cccc(Cl)c3)s2)cc1. The number of amides is 2. The molecular formula is C19H18ClN5O4S3. The largest absolute Gasteiger partial charge is 0.325 e. The zero-order chi connectivity index (χ0) is 23.3. The summed E-state index contributed by atoms with van der Waals surface area (Å²) in [5.41, 5.74) is 0.866. The zero-order valence-electron chi connectivity index (χ0n) is 16.9. The Morgan fingerprint density at radius 2 is 1.81 bits per heavy atom. The number of hydrogen-bond acceptors (Lipinski definition) is 8. The number of nitrogens with zero attached hydrogens (tertiary/aromatic N) is 3. The Morgan fingerprint density at radius 1 is 1.09 bits per heavy atom. The molecule has 168 valence electrons. The average molecular weight is 512 g/mol. The van der Waals surface area contributed by atoms with Crippen LogP contribution >= 0.6 is 34.7 Å². The third-order valence-corrected chi connectivity index (χ3v) is 7.99. The lowest BCUT2D eigenvalue weighted by Crippen LogP contribution is -2.22. The zero-order valence-corrected chi connectivity index (χ0v) is 20.1. The van der Waals surface area contributed by atoms with Gasteiger partial charge in [-0.2, -0.15) is 0 Å². The number of anilines is 2. The molecule has 0 atom stereocenters. The third kappa shape index (κ3) is 6.26. The molecule has 3 rings (SSSR count). The van der Waals surface area contributed by atoms with Gasteiger partial charge in [0.1, 0.15) is 0 Å². The van der Waals surface area contributed by atoms with Crippen LogP contribution in [0.1, 0.15) is 10.4 Å². The minimum Gasteiger partial charge on any atom is -0.325 e. The van der Waals surface area contributed by atoms with Crippen LogP contribution in [-0.2, 0) is 14.8 Å². The summed E-state index contributed by atoms with van der Waals surface area (Å²) in [6, 6.07) is 12.4. The Bertz CT molecular complexity index is 1230. The fourth-order valence-corrected chi connectivity index (χ4v) is 5.01. The standard InChI is InChI=1S/C19H18ClN5O4S3/c1-25(2)32(28,29)15-8-6-12(7-9-15)17(27)22-18-23-24-19(31-18)30-11-16(26)21-14-5-3-4-13(20)10-14/h3-10H,11H2,1-2H3,(H,21,26)(H,22,23,27). The van der Waals surface area contributed by atoms with Crippen molar-refractivity contribution in [2.75, 3.05) is 30.5 Å². The van der Waals surface area contributed by atoms with Gasteiger partial charge in [0.05, 0.1) is 10.6 Å². The van der Waals surface area contributed by atoms with E-state index in [9.17, 15) is 18.0 Å². The van der Waals surface area contributed by atoms with Crippen molar-refractivity contribution in [2.45, 2.75) is 9.24 Å². The quantitative estimate of drug-likeness (QED) is 0.351. The molecule has 1 aromatic heterocycles. The summed E-state index contributed by atoms with van der Waals surface area (Å²) in [7, 11) is -0.706. The van der Waals surface area contributed by atoms with Crippen molar-refractivity contribution >= 4 is 67.4 Å². The Hall–Kier alpha value is -2.51. The van der Waals surface area contributed by atoms with Gasteiger partial charge in [-0.15, -0.1) is 10.2 Å². The van der Waals surface area contributed by atoms with Gasteiger partial charge < -0.3 is 5.32 Å². The van der Waals surface area contributed by atoms with Crippen molar-refractivity contribution in [1.29, 1.82) is 0 Å². The first-order valence-electron chi connectivity index (χ1n) is 9.01. The first kappa shape index (κ1) is 24.1. The predicted molar refractivity (Wildman–Crippen MR) is 126 cm³/mol. The van der Waals surface area contributed by atoms with Crippen LogP contribution in [0.2, 0.25) is 5.02 Å². The van der Waals surface area contributed by atoms with Crippen molar-refractivity contribution in [3.8, 4) is 0 Å². The highest BCUT2D eigenvalue weighted by molar-refractivity contribution is 8.01. The molecule has 0 unspecified atom stereocenters. The van der Waals surface area contributed by atoms with Crippen molar-refractivity contribution in [2.24, 2.45) is 0 Å². The summed E-state index contributed by atoms with van der Waals surface area (Å²) in [6.07, 6.45) is 0. The maximum atomic E-state index is 12.4. The van der Waals surface area contributed by atoms with Gasteiger partial charge in [0.15, 0.2) is 4.34 Å². The van der Waals surface area contributed by atoms with Gasteiger partial charge in [-0.1, -0.05) is 40.8 Å². The second-order valence-electron chi connectivity index (χ2n) is 6.49. The van der Waals surface area contributed by atoms with E-state index in [0.29, 0.717) is 15.0 Å². The van der Waals surface area contributed by atoms with Crippen LogP contribution in [0.3, 0.4) is 0 Å². The summed E-state index contributed by atoms with van der Waals surface area (Å²) in [4.78, 5) is 24.6. The molecule has 0 fully saturated rings. The molecule has 0 aliphatic rings. The van der Waals surface area contributed by atoms with Gasteiger partial charge >= 0.3 is 0 Å². The summed E-state index contributed by atoms with van der Waals surface area (Å²) in [6.45, 7) is 0. The molecule has 0 radical (unpaired) electrons. The van der Waals surface area contributed by atoms with Crippen LogP contribution in [0.5, 0.6) is 0 Å². The molecule has 2 N–H and O–H groups in total. The van der Waals surface area contributed by atoms with Crippen LogP contribution in [0.15, 0.2) is 57.8 Å². The number of hydrogen-bond donors (Lipinski definition) is 2. The number of rotatable bonds is 8. The molecule has 0 saturated heterocycles. The van der Waals surface area contributed by atoms with Crippen molar-refractivity contribution in [1.82, 2.24) is 14.5 Å². The molecule has 2 aromatic carbocycles. The molecule has 32 heavy (non-hydrogen) atoms. The van der Waals surface area contributed by atoms with Gasteiger partial charge in [0, 0.05) is 30.4 Å². The highest BCUT2D eigenvalue weighted by Crippen LogP contribution is 2.26. The highest BCUT2D eigenvalue weighted by Gasteiger charge is 2.18. The number of carbonyl (C=O) groups excluding carboxylic acids is 2. The van der Waals surface area contributed by atoms with E-state index in [-0.39, 0.29) is 27.3 Å². The van der Waals surface area contributed by atoms with Crippen LogP contribution in [0.4, 0.5) is 10.8 Å². The van der Waals surface area contributed by atoms with Crippen molar-refractivity contribution < 1.29 is 18.0 Å². The van der Waals surface area contributed by atoms with E-state index in [0.717, 1.165) is 15.6 Å². The average Bonchev–Trinajstić information content (AvgIpc) is 3.19. The lowest BCUT2D eigenvalue weighted by molar-refractivity contribution is -0.113. The van der Waals surface area contributed by atoms with Crippen molar-refractivity contribution in [3.05, 3.63) is 59.1 Å². The van der Waals surface area contributed by atoms with Gasteiger partial charge in [-0.3, -0.25) is 14.9 Å². The van der Waals surface area contributed by atoms with Gasteiger partial charge in [-0.05, 0) is 42.5 Å². The molecule has 0 spiro atoms. The normalized spacial score (nSPS) is 11.4. The molecule has 13 heteroatoms. The van der Waals surface area contributed by atoms with Gasteiger partial charge in [0.25, 0.3) is 5.91 Å². The summed E-state index contributed by atoms with van der Waals surface area (Å²) >= 11 is 8.20. The molecular weight excluding hydrogens is 494 g/mol. The van der Waals surface area contributed by atoms with E-state index >= 15 is 0 Å². The molecule has 0 saturated carbocycles. The van der Waals surface area contributed by atoms with E-state index in [1.54, 1.807) is 24.3 Å². The molecule has 1 heterocycles. The number of nitrogens with one attached hydrogen (secondary N) is 2. The van der Waals surface area contributed by atoms with E-state index in [1.165, 1.54) is 50.1 Å². The maximum absolute atomic E-state index is 12.4. The second kappa shape index (κ2) is 10.4. The Kier molecular flexibility index (Phi) is 7.85. The van der Waals surface area contributed by atoms with E-state index in [1.807, 2.05) is 0 Å². The molecule has 9 nitrogen and oxygen atoms in total. The topological polar surface area (TPSA) is 121 Å². The molecule has 2 amide bonds. The summed E-state index contributed by atoms with van der Waals surface area (Å²) in [5.74, 6) is -0.576. The van der Waals surface area contributed by atoms with E-state index < -0.39 is 15.9 Å². The monoisotopic (exact) mass is 511 g/mol. The predicted octanol–water partition coefficient (Wildman–Crippen LogP) is 3.42. The van der Waals surface area contributed by atoms with Crippen LogP contribution in [0.25, 0.3) is 0 Å². The Balaban J connectivity index is 1.54. The highest BCUT2D eigenvalue weighted by atomic mass is 35.5. The number of aromatic nitrogens is 2. The Morgan fingerprint density at radius 3 is 2.47 bits per heavy atom. The summed E-state index contributed by atoms with van der Waals surface area (Å²) < 4.78 is 25.8. The van der Waals surface area contributed by atoms with Gasteiger partial charge in [0.2, 0.25) is 21.1 Å². The Labute approximate surface area is 198 Å². The molecule has 0 aliphatic carbocycles. The molecule has 0 bridgehead atoms. The second-order valence-corrected chi connectivity index (χ2v) is 11.3. The smallest absolute Gasteiger partial charge is 0.257 e. The van der Waals surface area contributed by atoms with E-state index in [2.05, 4.69) is 20.8 Å². The van der Waals surface area contributed by atoms with Crippen LogP contribution in [-0.4, -0.2) is 54.6 Å². The first-order valence-corrected chi connectivity index (χ1v) is 12.6. The van der Waals surface area contributed by atoms with Gasteiger partial charge in [-0.25, -0.2) is 12.7 Å². The number of sulfonamides is 1. The molecule has 0 aliphatic heterocycles. The van der Waals surface area contributed by atoms with Crippen molar-refractivity contribution in [3.63, 3.8) is 0 Å². The lowest BCUT2D eigenvalue weighted by Gasteiger charge is -2.11. The minimum atomic E-state index is -3.57. The van der Waals surface area contributed by atoms with Crippen LogP contribution < -0.4 is 10.6 Å². The number of halogens is 1. The maximum Gasteiger partial charge on any atom is 0.257 e. The minimum absolute atomic E-state index is 0.0877. The summed E-state index contributed by atoms with van der Waals surface area (Å²) in [5, 5.41) is 14.0. The number of carbonyl (C=O) groups is 2. The van der Waals surface area contributed by atoms with Crippen LogP contribution in [0, 0.1) is 0 Å².